The van der Waals surface area contributed by atoms with E-state index in [0.717, 1.165) is 37.9 Å². The van der Waals surface area contributed by atoms with Gasteiger partial charge in [-0.15, -0.1) is 0 Å². The standard InChI is InChI=1S/C16H25NO/c1-4-12-17(13-5-2)15(6-3)16(18)14-10-8-7-9-11-14/h7-11,15H,4-6,12-13H2,1-3H3. The third-order valence-electron chi connectivity index (χ3n) is 3.21. The zero-order valence-electron chi connectivity index (χ0n) is 11.9. The normalized spacial score (nSPS) is 12.7. The molecule has 1 aromatic carbocycles. The summed E-state index contributed by atoms with van der Waals surface area (Å²) in [5.74, 6) is 0.264. The monoisotopic (exact) mass is 247 g/mol. The lowest BCUT2D eigenvalue weighted by molar-refractivity contribution is 0.0810. The summed E-state index contributed by atoms with van der Waals surface area (Å²) in [6, 6.07) is 9.69. The Morgan fingerprint density at radius 3 is 2.06 bits per heavy atom. The number of carbonyl (C=O) groups is 1. The first-order valence-corrected chi connectivity index (χ1v) is 7.07. The third kappa shape index (κ3) is 3.95. The SMILES string of the molecule is CCCN(CCC)C(CC)C(=O)c1ccccc1. The quantitative estimate of drug-likeness (QED) is 0.652. The van der Waals surface area contributed by atoms with E-state index in [-0.39, 0.29) is 11.8 Å². The highest BCUT2D eigenvalue weighted by molar-refractivity contribution is 6.00. The summed E-state index contributed by atoms with van der Waals surface area (Å²) in [4.78, 5) is 14.9. The first kappa shape index (κ1) is 14.9. The summed E-state index contributed by atoms with van der Waals surface area (Å²) >= 11 is 0. The number of nitrogens with zero attached hydrogens (tertiary/aromatic N) is 1. The van der Waals surface area contributed by atoms with E-state index in [1.807, 2.05) is 30.3 Å². The van der Waals surface area contributed by atoms with Crippen molar-refractivity contribution in [2.45, 2.75) is 46.1 Å². The predicted octanol–water partition coefficient (Wildman–Crippen LogP) is 3.77. The maximum atomic E-state index is 12.5. The van der Waals surface area contributed by atoms with Gasteiger partial charge in [-0.05, 0) is 32.4 Å². The molecule has 0 amide bonds. The first-order valence-electron chi connectivity index (χ1n) is 7.07. The molecule has 1 unspecified atom stereocenters. The molecule has 0 fully saturated rings. The highest BCUT2D eigenvalue weighted by atomic mass is 16.1. The van der Waals surface area contributed by atoms with Gasteiger partial charge in [0.05, 0.1) is 6.04 Å². The molecule has 1 aromatic rings. The average Bonchev–Trinajstić information content (AvgIpc) is 2.41. The molecule has 0 saturated heterocycles. The van der Waals surface area contributed by atoms with Crippen molar-refractivity contribution in [3.8, 4) is 0 Å². The van der Waals surface area contributed by atoms with Crippen LogP contribution in [0, 0.1) is 0 Å². The van der Waals surface area contributed by atoms with Crippen LogP contribution in [-0.4, -0.2) is 29.8 Å². The molecule has 0 spiro atoms. The van der Waals surface area contributed by atoms with Crippen LogP contribution in [0.15, 0.2) is 30.3 Å². The maximum Gasteiger partial charge on any atom is 0.179 e. The van der Waals surface area contributed by atoms with Crippen LogP contribution in [0.3, 0.4) is 0 Å². The van der Waals surface area contributed by atoms with Gasteiger partial charge in [0, 0.05) is 5.56 Å². The van der Waals surface area contributed by atoms with Crippen molar-refractivity contribution < 1.29 is 4.79 Å². The molecule has 0 aliphatic heterocycles. The van der Waals surface area contributed by atoms with Crippen molar-refractivity contribution in [2.24, 2.45) is 0 Å². The lowest BCUT2D eigenvalue weighted by atomic mass is 10.0. The Hall–Kier alpha value is -1.15. The number of hydrogen-bond donors (Lipinski definition) is 0. The minimum Gasteiger partial charge on any atom is -0.293 e. The summed E-state index contributed by atoms with van der Waals surface area (Å²) in [6.45, 7) is 8.45. The average molecular weight is 247 g/mol. The summed E-state index contributed by atoms with van der Waals surface area (Å²) in [7, 11) is 0. The van der Waals surface area contributed by atoms with Gasteiger partial charge >= 0.3 is 0 Å². The van der Waals surface area contributed by atoms with Gasteiger partial charge in [-0.25, -0.2) is 0 Å². The zero-order chi connectivity index (χ0) is 13.4. The van der Waals surface area contributed by atoms with E-state index in [1.54, 1.807) is 0 Å². The van der Waals surface area contributed by atoms with Crippen molar-refractivity contribution >= 4 is 5.78 Å². The molecule has 0 bridgehead atoms. The molecule has 0 aliphatic rings. The molecule has 1 rings (SSSR count). The molecule has 0 aliphatic carbocycles. The molecule has 100 valence electrons. The molecule has 2 nitrogen and oxygen atoms in total. The molecule has 0 N–H and O–H groups in total. The second-order valence-electron chi connectivity index (χ2n) is 4.69. The van der Waals surface area contributed by atoms with E-state index in [4.69, 9.17) is 0 Å². The fourth-order valence-corrected chi connectivity index (χ4v) is 2.40. The summed E-state index contributed by atoms with van der Waals surface area (Å²) in [5.41, 5.74) is 0.835. The lowest BCUT2D eigenvalue weighted by Crippen LogP contribution is -2.41. The second kappa shape index (κ2) is 8.04. The zero-order valence-corrected chi connectivity index (χ0v) is 11.9. The maximum absolute atomic E-state index is 12.5. The van der Waals surface area contributed by atoms with E-state index < -0.39 is 0 Å². The van der Waals surface area contributed by atoms with E-state index in [2.05, 4.69) is 25.7 Å². The van der Waals surface area contributed by atoms with Crippen LogP contribution in [0.5, 0.6) is 0 Å². The number of carbonyl (C=O) groups excluding carboxylic acids is 1. The summed E-state index contributed by atoms with van der Waals surface area (Å²) < 4.78 is 0. The van der Waals surface area contributed by atoms with Crippen molar-refractivity contribution in [3.63, 3.8) is 0 Å². The van der Waals surface area contributed by atoms with Crippen molar-refractivity contribution in [3.05, 3.63) is 35.9 Å². The minimum atomic E-state index is 0.0345. The van der Waals surface area contributed by atoms with E-state index in [1.165, 1.54) is 0 Å². The Balaban J connectivity index is 2.83. The van der Waals surface area contributed by atoms with E-state index in [9.17, 15) is 4.79 Å². The van der Waals surface area contributed by atoms with Gasteiger partial charge in [0.15, 0.2) is 5.78 Å². The van der Waals surface area contributed by atoms with Gasteiger partial charge in [0.2, 0.25) is 0 Å². The van der Waals surface area contributed by atoms with E-state index >= 15 is 0 Å². The van der Waals surface area contributed by atoms with Gasteiger partial charge in [0.25, 0.3) is 0 Å². The lowest BCUT2D eigenvalue weighted by Gasteiger charge is -2.29. The Morgan fingerprint density at radius 1 is 1.06 bits per heavy atom. The Kier molecular flexibility index (Phi) is 6.66. The highest BCUT2D eigenvalue weighted by Gasteiger charge is 2.23. The van der Waals surface area contributed by atoms with Crippen LogP contribution in [0.1, 0.15) is 50.4 Å². The summed E-state index contributed by atoms with van der Waals surface area (Å²) in [5, 5.41) is 0. The molecule has 0 radical (unpaired) electrons. The second-order valence-corrected chi connectivity index (χ2v) is 4.69. The van der Waals surface area contributed by atoms with Crippen LogP contribution >= 0.6 is 0 Å². The fourth-order valence-electron chi connectivity index (χ4n) is 2.40. The number of ketones is 1. The number of rotatable bonds is 8. The van der Waals surface area contributed by atoms with Crippen molar-refractivity contribution in [2.75, 3.05) is 13.1 Å². The van der Waals surface area contributed by atoms with Gasteiger partial charge in [0.1, 0.15) is 0 Å². The molecule has 18 heavy (non-hydrogen) atoms. The van der Waals surface area contributed by atoms with Crippen molar-refractivity contribution in [1.29, 1.82) is 0 Å². The van der Waals surface area contributed by atoms with Crippen LogP contribution in [0.2, 0.25) is 0 Å². The van der Waals surface area contributed by atoms with Gasteiger partial charge in [-0.1, -0.05) is 51.1 Å². The molecular formula is C16H25NO. The van der Waals surface area contributed by atoms with E-state index in [0.29, 0.717) is 0 Å². The Morgan fingerprint density at radius 2 is 1.61 bits per heavy atom. The predicted molar refractivity (Wildman–Crippen MR) is 77.0 cm³/mol. The first-order chi connectivity index (χ1) is 8.74. The molecular weight excluding hydrogens is 222 g/mol. The Labute approximate surface area is 111 Å². The molecule has 0 saturated carbocycles. The van der Waals surface area contributed by atoms with Crippen LogP contribution in [0.4, 0.5) is 0 Å². The van der Waals surface area contributed by atoms with Gasteiger partial charge < -0.3 is 0 Å². The van der Waals surface area contributed by atoms with Gasteiger partial charge in [-0.3, -0.25) is 9.69 Å². The minimum absolute atomic E-state index is 0.0345. The van der Waals surface area contributed by atoms with Crippen LogP contribution < -0.4 is 0 Å². The molecule has 1 atom stereocenters. The van der Waals surface area contributed by atoms with Crippen LogP contribution in [-0.2, 0) is 0 Å². The largest absolute Gasteiger partial charge is 0.293 e. The number of benzene rings is 1. The smallest absolute Gasteiger partial charge is 0.179 e. The third-order valence-corrected chi connectivity index (χ3v) is 3.21. The molecule has 2 heteroatoms. The van der Waals surface area contributed by atoms with Gasteiger partial charge in [-0.2, -0.15) is 0 Å². The fraction of sp³-hybridized carbons (Fsp3) is 0.562. The number of Topliss-reactive ketones (excluding diaryl/α,β-unsaturated/α-hetero) is 1. The summed E-state index contributed by atoms with van der Waals surface area (Å²) in [6.07, 6.45) is 3.07. The van der Waals surface area contributed by atoms with Crippen molar-refractivity contribution in [1.82, 2.24) is 4.90 Å². The van der Waals surface area contributed by atoms with Crippen LogP contribution in [0.25, 0.3) is 0 Å². The topological polar surface area (TPSA) is 20.3 Å². The molecule has 0 aromatic heterocycles. The molecule has 0 heterocycles. The highest BCUT2D eigenvalue weighted by Crippen LogP contribution is 2.13. The number of hydrogen-bond acceptors (Lipinski definition) is 2. The Bertz CT molecular complexity index is 341.